The number of ketones is 4. The van der Waals surface area contributed by atoms with E-state index >= 15 is 0 Å². The van der Waals surface area contributed by atoms with Gasteiger partial charge in [-0.2, -0.15) is 18.3 Å². The van der Waals surface area contributed by atoms with E-state index in [1.54, 1.807) is 0 Å². The average molecular weight is 1420 g/mol. The molecule has 17 aromatic rings. The Bertz CT molecular complexity index is 6480. The third-order valence-electron chi connectivity index (χ3n) is 21.4. The first-order valence-corrected chi connectivity index (χ1v) is 37.2. The molecule has 110 heavy (non-hydrogen) atoms. The van der Waals surface area contributed by atoms with Crippen molar-refractivity contribution in [3.8, 4) is 78.4 Å². The number of carbonyl (C=O) groups excluding carboxylic acids is 4. The second kappa shape index (κ2) is 29.5. The summed E-state index contributed by atoms with van der Waals surface area (Å²) in [6.07, 6.45) is 7.93. The zero-order valence-corrected chi connectivity index (χ0v) is 60.2. The van der Waals surface area contributed by atoms with Crippen LogP contribution in [0.2, 0.25) is 0 Å². The molecule has 4 aliphatic rings. The maximum absolute atomic E-state index is 13.1. The van der Waals surface area contributed by atoms with Gasteiger partial charge < -0.3 is 0 Å². The minimum atomic E-state index is 0.0549. The Morgan fingerprint density at radius 3 is 1.07 bits per heavy atom. The van der Waals surface area contributed by atoms with E-state index in [0.717, 1.165) is 92.4 Å². The van der Waals surface area contributed by atoms with Crippen molar-refractivity contribution in [1.82, 2.24) is 0 Å². The van der Waals surface area contributed by atoms with E-state index in [2.05, 4.69) is 200 Å². The second-order valence-electron chi connectivity index (χ2n) is 28.2. The number of fused-ring (bicyclic) bond motifs is 14. The maximum atomic E-state index is 13.1. The molecule has 0 bridgehead atoms. The number of nitrogens with zero attached hydrogens (tertiary/aromatic N) is 4. The van der Waals surface area contributed by atoms with Crippen molar-refractivity contribution in [3.05, 3.63) is 456 Å². The van der Waals surface area contributed by atoms with Crippen molar-refractivity contribution in [2.75, 3.05) is 0 Å². The van der Waals surface area contributed by atoms with Crippen LogP contribution in [0.15, 0.2) is 389 Å². The molecule has 0 saturated carbocycles. The van der Waals surface area contributed by atoms with Gasteiger partial charge in [0.2, 0.25) is 22.8 Å². The Morgan fingerprint density at radius 1 is 0.200 bits per heavy atom. The lowest BCUT2D eigenvalue weighted by atomic mass is 9.92. The van der Waals surface area contributed by atoms with Crippen LogP contribution in [0.1, 0.15) is 85.9 Å². The molecule has 0 spiro atoms. The van der Waals surface area contributed by atoms with E-state index in [-0.39, 0.29) is 23.1 Å². The summed E-state index contributed by atoms with van der Waals surface area (Å²) < 4.78 is 8.69. The second-order valence-corrected chi connectivity index (χ2v) is 28.2. The van der Waals surface area contributed by atoms with Crippen LogP contribution in [0.25, 0.3) is 100.0 Å². The largest absolute Gasteiger partial charge is 0.288 e. The van der Waals surface area contributed by atoms with E-state index < -0.39 is 0 Å². The van der Waals surface area contributed by atoms with Crippen LogP contribution in [0.3, 0.4) is 0 Å². The Balaban J connectivity index is 0.000000104. The molecule has 21 rings (SSSR count). The lowest BCUT2D eigenvalue weighted by Crippen LogP contribution is -2.33. The number of pyridine rings is 4. The van der Waals surface area contributed by atoms with Gasteiger partial charge in [0, 0.05) is 68.8 Å². The minimum absolute atomic E-state index is 0.0549. The van der Waals surface area contributed by atoms with Gasteiger partial charge in [0.25, 0.3) is 0 Å². The van der Waals surface area contributed by atoms with Gasteiger partial charge in [-0.25, -0.2) is 0 Å². The molecule has 8 heteroatoms. The van der Waals surface area contributed by atoms with E-state index in [1.165, 1.54) is 83.8 Å². The van der Waals surface area contributed by atoms with Crippen molar-refractivity contribution in [2.24, 2.45) is 0 Å². The Hall–Kier alpha value is -14.3. The smallest absolute Gasteiger partial charge is 0.213 e. The first kappa shape index (κ1) is 67.5. The van der Waals surface area contributed by atoms with Gasteiger partial charge in [0.05, 0.1) is 44.5 Å². The molecular weight excluding hydrogens is 1350 g/mol. The van der Waals surface area contributed by atoms with Gasteiger partial charge in [-0.1, -0.05) is 285 Å². The molecule has 8 heterocycles. The summed E-state index contributed by atoms with van der Waals surface area (Å²) >= 11 is 0. The topological polar surface area (TPSA) is 83.8 Å². The molecule has 0 radical (unpaired) electrons. The molecule has 0 amide bonds. The average Bonchev–Trinajstić information content (AvgIpc) is 1.54. The van der Waals surface area contributed by atoms with Gasteiger partial charge in [0.15, 0.2) is 74.1 Å². The third kappa shape index (κ3) is 13.3. The van der Waals surface area contributed by atoms with Crippen LogP contribution in [0, 0.1) is 0 Å². The highest BCUT2D eigenvalue weighted by atomic mass is 16.1. The van der Waals surface area contributed by atoms with Crippen molar-refractivity contribution in [3.63, 3.8) is 0 Å². The Labute approximate surface area is 638 Å². The molecule has 0 unspecified atom stereocenters. The molecule has 520 valence electrons. The van der Waals surface area contributed by atoms with Crippen LogP contribution in [-0.4, -0.2) is 23.1 Å². The van der Waals surface area contributed by atoms with Crippen LogP contribution in [-0.2, 0) is 26.2 Å². The maximum Gasteiger partial charge on any atom is 0.213 e. The summed E-state index contributed by atoms with van der Waals surface area (Å²) in [5.74, 6) is 0.250. The van der Waals surface area contributed by atoms with Crippen molar-refractivity contribution in [1.29, 1.82) is 0 Å². The number of benzene rings is 13. The van der Waals surface area contributed by atoms with Gasteiger partial charge in [-0.05, 0) is 110 Å². The first-order chi connectivity index (χ1) is 54.2. The van der Waals surface area contributed by atoms with Crippen LogP contribution >= 0.6 is 0 Å². The highest BCUT2D eigenvalue weighted by Gasteiger charge is 2.32. The van der Waals surface area contributed by atoms with E-state index in [0.29, 0.717) is 16.7 Å². The zero-order chi connectivity index (χ0) is 74.0. The molecule has 0 saturated heterocycles. The standard InChI is InChI=1S/C31H22NO.C25H18NO.2C23H16NO/c33-31(23-11-5-2-6-12-23)26-17-18-30-29-19-24(15-16-25(29)20-32(30)21-26)28-14-8-7-13-27(28)22-9-3-1-4-10-22;27-25(20-12-10-19(11-13-20)18-6-2-1-3-7-18)22-14-15-24-23-9-5-4-8-21(23)16-26(24)17-22;25-23(21-11-5-8-16-6-1-3-9-19(16)21)18-12-13-22-20-10-4-2-7-17(20)14-24(22)15-18;25-23(18-10-9-16-5-1-2-6-17(16)13-18)20-11-12-22-21-8-4-3-7-19(21)14-24(22)15-20/h1-19,21H,20H2;1-15,17H,16H2;2*1-13,15H,14H2/q4*+1. The number of hydrogen-bond donors (Lipinski definition) is 0. The highest BCUT2D eigenvalue weighted by Crippen LogP contribution is 2.38. The van der Waals surface area contributed by atoms with Crippen molar-refractivity contribution < 1.29 is 37.4 Å². The normalized spacial score (nSPS) is 11.8. The zero-order valence-electron chi connectivity index (χ0n) is 60.2. The molecule has 8 nitrogen and oxygen atoms in total. The van der Waals surface area contributed by atoms with E-state index in [1.807, 2.05) is 207 Å². The van der Waals surface area contributed by atoms with Gasteiger partial charge in [0.1, 0.15) is 0 Å². The van der Waals surface area contributed by atoms with Crippen LogP contribution < -0.4 is 18.3 Å². The molecule has 13 aromatic carbocycles. The summed E-state index contributed by atoms with van der Waals surface area (Å²) in [5.41, 5.74) is 27.8. The summed E-state index contributed by atoms with van der Waals surface area (Å²) in [5, 5.41) is 4.34. The number of rotatable bonds is 11. The highest BCUT2D eigenvalue weighted by molar-refractivity contribution is 6.16. The van der Waals surface area contributed by atoms with Crippen LogP contribution in [0.5, 0.6) is 0 Å². The molecule has 0 N–H and O–H groups in total. The summed E-state index contributed by atoms with van der Waals surface area (Å²) in [7, 11) is 0. The van der Waals surface area contributed by atoms with Crippen molar-refractivity contribution >= 4 is 44.7 Å². The Morgan fingerprint density at radius 2 is 0.545 bits per heavy atom. The summed E-state index contributed by atoms with van der Waals surface area (Å²) in [6, 6.07) is 122. The fourth-order valence-corrected chi connectivity index (χ4v) is 15.8. The predicted octanol–water partition coefficient (Wildman–Crippen LogP) is 20.2. The van der Waals surface area contributed by atoms with Crippen LogP contribution in [0.4, 0.5) is 0 Å². The minimum Gasteiger partial charge on any atom is -0.288 e. The number of aromatic nitrogens is 4. The lowest BCUT2D eigenvalue weighted by molar-refractivity contribution is -0.672. The van der Waals surface area contributed by atoms with E-state index in [9.17, 15) is 19.2 Å². The summed E-state index contributed by atoms with van der Waals surface area (Å²) in [6.45, 7) is 3.24. The molecular formula is C102H72N4O4+4. The SMILES string of the molecule is O=C(c1ccc(-c2ccccc2)cc1)c1ccc2[n+](c1)Cc1ccccc1-2.O=C(c1ccc2[n+](c1)Cc1ccccc1-2)c1cccc2ccccc12.O=C(c1ccc2ccccc2c1)c1ccc2[n+](c1)Cc1ccccc1-2.O=C(c1ccccc1)c1ccc2[n+](c1)Cc1ccc(-c3ccccc3-c3ccccc3)cc1-2. The third-order valence-corrected chi connectivity index (χ3v) is 21.4. The molecule has 4 aromatic heterocycles. The Kier molecular flexibility index (Phi) is 18.1. The molecule has 0 atom stereocenters. The first-order valence-electron chi connectivity index (χ1n) is 37.2. The quantitative estimate of drug-likeness (QED) is 0.0954. The molecule has 0 fully saturated rings. The number of carbonyl (C=O) groups is 4. The van der Waals surface area contributed by atoms with E-state index in [4.69, 9.17) is 0 Å². The lowest BCUT2D eigenvalue weighted by Gasteiger charge is -2.11. The molecule has 0 aliphatic carbocycles. The molecule has 4 aliphatic heterocycles. The monoisotopic (exact) mass is 1420 g/mol. The van der Waals surface area contributed by atoms with Gasteiger partial charge >= 0.3 is 0 Å². The van der Waals surface area contributed by atoms with Crippen molar-refractivity contribution in [2.45, 2.75) is 26.2 Å². The predicted molar refractivity (Wildman–Crippen MR) is 436 cm³/mol. The summed E-state index contributed by atoms with van der Waals surface area (Å²) in [4.78, 5) is 51.9. The number of hydrogen-bond acceptors (Lipinski definition) is 4. The fourth-order valence-electron chi connectivity index (χ4n) is 15.8. The van der Waals surface area contributed by atoms with Gasteiger partial charge in [-0.3, -0.25) is 19.2 Å². The van der Waals surface area contributed by atoms with Gasteiger partial charge in [-0.15, -0.1) is 0 Å². The fraction of sp³-hybridized carbons (Fsp3) is 0.0392.